The summed E-state index contributed by atoms with van der Waals surface area (Å²) in [6.07, 6.45) is 0.914. The fourth-order valence-electron chi connectivity index (χ4n) is 1.58. The number of ether oxygens (including phenoxy) is 1. The number of urea groups is 1. The van der Waals surface area contributed by atoms with Crippen LogP contribution in [-0.2, 0) is 0 Å². The molecule has 0 spiro atoms. The van der Waals surface area contributed by atoms with E-state index in [1.165, 1.54) is 5.56 Å². The first-order valence-electron chi connectivity index (χ1n) is 6.31. The average Bonchev–Trinajstić information content (AvgIpc) is 2.36. The molecule has 18 heavy (non-hydrogen) atoms. The smallest absolute Gasteiger partial charge is 0.319 e. The molecule has 100 valence electrons. The number of methoxy groups -OCH3 is 1. The van der Waals surface area contributed by atoms with Crippen molar-refractivity contribution in [2.45, 2.75) is 33.1 Å². The Morgan fingerprint density at radius 1 is 1.39 bits per heavy atom. The highest BCUT2D eigenvalue weighted by atomic mass is 16.5. The number of rotatable bonds is 5. The van der Waals surface area contributed by atoms with Gasteiger partial charge in [-0.15, -0.1) is 0 Å². The summed E-state index contributed by atoms with van der Waals surface area (Å²) in [5.74, 6) is 1.12. The second kappa shape index (κ2) is 6.89. The average molecular weight is 250 g/mol. The van der Waals surface area contributed by atoms with E-state index in [1.54, 1.807) is 7.11 Å². The second-order valence-electron chi connectivity index (χ2n) is 4.50. The molecule has 0 radical (unpaired) electrons. The zero-order valence-electron chi connectivity index (χ0n) is 11.5. The molecular formula is C14H22N2O2. The SMILES string of the molecule is CCCNC(=O)Nc1ccc(C(C)C)cc1OC. The summed E-state index contributed by atoms with van der Waals surface area (Å²) < 4.78 is 5.30. The van der Waals surface area contributed by atoms with Crippen molar-refractivity contribution in [2.24, 2.45) is 0 Å². The van der Waals surface area contributed by atoms with Gasteiger partial charge in [0.05, 0.1) is 12.8 Å². The first-order valence-corrected chi connectivity index (χ1v) is 6.31. The molecule has 2 N–H and O–H groups in total. The van der Waals surface area contributed by atoms with Crippen LogP contribution >= 0.6 is 0 Å². The van der Waals surface area contributed by atoms with Gasteiger partial charge in [0.15, 0.2) is 0 Å². The predicted molar refractivity (Wildman–Crippen MR) is 74.4 cm³/mol. The van der Waals surface area contributed by atoms with E-state index in [0.29, 0.717) is 23.9 Å². The van der Waals surface area contributed by atoms with E-state index in [4.69, 9.17) is 4.74 Å². The second-order valence-corrected chi connectivity index (χ2v) is 4.50. The topological polar surface area (TPSA) is 50.4 Å². The van der Waals surface area contributed by atoms with Crippen molar-refractivity contribution < 1.29 is 9.53 Å². The standard InChI is InChI=1S/C14H22N2O2/c1-5-8-15-14(17)16-12-7-6-11(10(2)3)9-13(12)18-4/h6-7,9-10H,5,8H2,1-4H3,(H2,15,16,17). The summed E-state index contributed by atoms with van der Waals surface area (Å²) in [5, 5.41) is 5.55. The maximum absolute atomic E-state index is 11.6. The van der Waals surface area contributed by atoms with Crippen LogP contribution in [0, 0.1) is 0 Å². The normalized spacial score (nSPS) is 10.3. The van der Waals surface area contributed by atoms with Crippen molar-refractivity contribution in [1.29, 1.82) is 0 Å². The Morgan fingerprint density at radius 2 is 2.11 bits per heavy atom. The van der Waals surface area contributed by atoms with Gasteiger partial charge < -0.3 is 15.4 Å². The molecule has 0 aromatic heterocycles. The van der Waals surface area contributed by atoms with E-state index in [1.807, 2.05) is 25.1 Å². The maximum atomic E-state index is 11.6. The summed E-state index contributed by atoms with van der Waals surface area (Å²) >= 11 is 0. The lowest BCUT2D eigenvalue weighted by atomic mass is 10.0. The van der Waals surface area contributed by atoms with Gasteiger partial charge in [0.2, 0.25) is 0 Å². The first-order chi connectivity index (χ1) is 8.58. The van der Waals surface area contributed by atoms with Crippen molar-refractivity contribution in [2.75, 3.05) is 19.0 Å². The molecule has 0 fully saturated rings. The van der Waals surface area contributed by atoms with Gasteiger partial charge in [0.25, 0.3) is 0 Å². The molecule has 4 heteroatoms. The molecule has 0 aliphatic heterocycles. The Hall–Kier alpha value is -1.71. The molecule has 0 bridgehead atoms. The summed E-state index contributed by atoms with van der Waals surface area (Å²) in [6.45, 7) is 6.92. The molecule has 0 unspecified atom stereocenters. The molecule has 0 saturated carbocycles. The molecular weight excluding hydrogens is 228 g/mol. The number of amides is 2. The number of nitrogens with one attached hydrogen (secondary N) is 2. The fraction of sp³-hybridized carbons (Fsp3) is 0.500. The molecule has 1 aromatic carbocycles. The lowest BCUT2D eigenvalue weighted by molar-refractivity contribution is 0.252. The Balaban J connectivity index is 2.79. The Bertz CT molecular complexity index is 403. The van der Waals surface area contributed by atoms with Crippen LogP contribution in [0.5, 0.6) is 5.75 Å². The van der Waals surface area contributed by atoms with E-state index < -0.39 is 0 Å². The Morgan fingerprint density at radius 3 is 2.67 bits per heavy atom. The van der Waals surface area contributed by atoms with Crippen LogP contribution < -0.4 is 15.4 Å². The third-order valence-electron chi connectivity index (χ3n) is 2.68. The minimum absolute atomic E-state index is 0.201. The van der Waals surface area contributed by atoms with Gasteiger partial charge in [-0.25, -0.2) is 4.79 Å². The van der Waals surface area contributed by atoms with E-state index in [-0.39, 0.29) is 6.03 Å². The van der Waals surface area contributed by atoms with Crippen molar-refractivity contribution in [3.8, 4) is 5.75 Å². The molecule has 2 amide bonds. The van der Waals surface area contributed by atoms with Gasteiger partial charge >= 0.3 is 6.03 Å². The number of hydrogen-bond acceptors (Lipinski definition) is 2. The van der Waals surface area contributed by atoms with Crippen LogP contribution in [0.25, 0.3) is 0 Å². The summed E-state index contributed by atoms with van der Waals surface area (Å²) in [5.41, 5.74) is 1.88. The molecule has 4 nitrogen and oxygen atoms in total. The highest BCUT2D eigenvalue weighted by Gasteiger charge is 2.09. The number of hydrogen-bond donors (Lipinski definition) is 2. The summed E-state index contributed by atoms with van der Waals surface area (Å²) in [4.78, 5) is 11.6. The van der Waals surface area contributed by atoms with Gasteiger partial charge in [-0.3, -0.25) is 0 Å². The first kappa shape index (κ1) is 14.4. The lowest BCUT2D eigenvalue weighted by Gasteiger charge is -2.13. The van der Waals surface area contributed by atoms with E-state index in [9.17, 15) is 4.79 Å². The fourth-order valence-corrected chi connectivity index (χ4v) is 1.58. The minimum Gasteiger partial charge on any atom is -0.495 e. The van der Waals surface area contributed by atoms with Crippen molar-refractivity contribution in [3.63, 3.8) is 0 Å². The van der Waals surface area contributed by atoms with Crippen molar-refractivity contribution in [3.05, 3.63) is 23.8 Å². The van der Waals surface area contributed by atoms with Crippen LogP contribution in [0.15, 0.2) is 18.2 Å². The zero-order valence-corrected chi connectivity index (χ0v) is 11.5. The van der Waals surface area contributed by atoms with Gasteiger partial charge in [-0.05, 0) is 30.0 Å². The Labute approximate surface area is 109 Å². The van der Waals surface area contributed by atoms with Gasteiger partial charge in [0.1, 0.15) is 5.75 Å². The van der Waals surface area contributed by atoms with Crippen LogP contribution in [0.3, 0.4) is 0 Å². The number of benzene rings is 1. The quantitative estimate of drug-likeness (QED) is 0.842. The van der Waals surface area contributed by atoms with Crippen LogP contribution in [0.2, 0.25) is 0 Å². The lowest BCUT2D eigenvalue weighted by Crippen LogP contribution is -2.29. The van der Waals surface area contributed by atoms with Crippen LogP contribution in [0.4, 0.5) is 10.5 Å². The van der Waals surface area contributed by atoms with E-state index in [0.717, 1.165) is 6.42 Å². The molecule has 1 aromatic rings. The van der Waals surface area contributed by atoms with Gasteiger partial charge in [-0.2, -0.15) is 0 Å². The van der Waals surface area contributed by atoms with Crippen molar-refractivity contribution in [1.82, 2.24) is 5.32 Å². The van der Waals surface area contributed by atoms with E-state index in [2.05, 4.69) is 24.5 Å². The molecule has 0 saturated heterocycles. The summed E-state index contributed by atoms with van der Waals surface area (Å²) in [7, 11) is 1.61. The third kappa shape index (κ3) is 3.95. The highest BCUT2D eigenvalue weighted by Crippen LogP contribution is 2.28. The van der Waals surface area contributed by atoms with Crippen LogP contribution in [-0.4, -0.2) is 19.7 Å². The van der Waals surface area contributed by atoms with Gasteiger partial charge in [0, 0.05) is 6.54 Å². The largest absolute Gasteiger partial charge is 0.495 e. The predicted octanol–water partition coefficient (Wildman–Crippen LogP) is 3.35. The molecule has 0 aliphatic carbocycles. The third-order valence-corrected chi connectivity index (χ3v) is 2.68. The maximum Gasteiger partial charge on any atom is 0.319 e. The van der Waals surface area contributed by atoms with E-state index >= 15 is 0 Å². The number of anilines is 1. The number of carbonyl (C=O) groups excluding carboxylic acids is 1. The minimum atomic E-state index is -0.201. The molecule has 1 rings (SSSR count). The highest BCUT2D eigenvalue weighted by molar-refractivity contribution is 5.90. The Kier molecular flexibility index (Phi) is 5.49. The molecule has 0 aliphatic rings. The zero-order chi connectivity index (χ0) is 13.5. The molecule has 0 atom stereocenters. The van der Waals surface area contributed by atoms with Gasteiger partial charge in [-0.1, -0.05) is 26.8 Å². The molecule has 0 heterocycles. The summed E-state index contributed by atoms with van der Waals surface area (Å²) in [6, 6.07) is 5.63. The van der Waals surface area contributed by atoms with Crippen molar-refractivity contribution >= 4 is 11.7 Å². The monoisotopic (exact) mass is 250 g/mol. The van der Waals surface area contributed by atoms with Crippen LogP contribution in [0.1, 0.15) is 38.7 Å². The number of carbonyl (C=O) groups is 1.